The molecule has 5 nitrogen and oxygen atoms in total. The molecule has 0 aliphatic carbocycles. The molecule has 5 heteroatoms. The third-order valence-corrected chi connectivity index (χ3v) is 3.16. The van der Waals surface area contributed by atoms with E-state index in [1.807, 2.05) is 49.0 Å². The molecule has 1 aromatic carbocycles. The fourth-order valence-corrected chi connectivity index (χ4v) is 1.97. The molecule has 0 spiro atoms. The van der Waals surface area contributed by atoms with Gasteiger partial charge < -0.3 is 14.5 Å². The van der Waals surface area contributed by atoms with Crippen LogP contribution in [0.25, 0.3) is 0 Å². The maximum absolute atomic E-state index is 8.87. The highest BCUT2D eigenvalue weighted by molar-refractivity contribution is 6.00. The van der Waals surface area contributed by atoms with Crippen LogP contribution in [0.5, 0.6) is 5.75 Å². The number of hydrogen-bond acceptors (Lipinski definition) is 4. The minimum absolute atomic E-state index is 0.582. The van der Waals surface area contributed by atoms with E-state index in [-0.39, 0.29) is 0 Å². The number of rotatable bonds is 6. The molecule has 1 aromatic heterocycles. The van der Waals surface area contributed by atoms with Crippen molar-refractivity contribution in [1.82, 2.24) is 9.55 Å². The molecule has 0 saturated carbocycles. The fourth-order valence-electron chi connectivity index (χ4n) is 1.97. The highest BCUT2D eigenvalue weighted by Crippen LogP contribution is 2.14. The summed E-state index contributed by atoms with van der Waals surface area (Å²) in [6.07, 6.45) is 5.16. The first-order chi connectivity index (χ1) is 9.74. The van der Waals surface area contributed by atoms with E-state index in [0.717, 1.165) is 23.6 Å². The first-order valence-corrected chi connectivity index (χ1v) is 6.65. The lowest BCUT2D eigenvalue weighted by Gasteiger charge is -2.07. The van der Waals surface area contributed by atoms with Crippen molar-refractivity contribution in [1.29, 1.82) is 0 Å². The number of oxime groups is 1. The lowest BCUT2D eigenvalue weighted by molar-refractivity contribution is 0.316. The second-order valence-electron chi connectivity index (χ2n) is 4.48. The molecule has 20 heavy (non-hydrogen) atoms. The van der Waals surface area contributed by atoms with Gasteiger partial charge in [0.05, 0.1) is 12.3 Å². The zero-order valence-corrected chi connectivity index (χ0v) is 11.8. The number of nitrogens with zero attached hydrogens (tertiary/aromatic N) is 3. The Hall–Kier alpha value is -2.30. The summed E-state index contributed by atoms with van der Waals surface area (Å²) < 4.78 is 7.66. The van der Waals surface area contributed by atoms with Gasteiger partial charge in [0.25, 0.3) is 0 Å². The van der Waals surface area contributed by atoms with Gasteiger partial charge >= 0.3 is 0 Å². The highest BCUT2D eigenvalue weighted by atomic mass is 16.5. The molecule has 0 atom stereocenters. The van der Waals surface area contributed by atoms with Crippen molar-refractivity contribution in [2.24, 2.45) is 12.2 Å². The molecule has 106 valence electrons. The van der Waals surface area contributed by atoms with Crippen LogP contribution in [0, 0.1) is 0 Å². The summed E-state index contributed by atoms with van der Waals surface area (Å²) in [5.74, 6) is 1.80. The maximum atomic E-state index is 8.87. The Kier molecular flexibility index (Phi) is 4.76. The molecule has 2 aromatic rings. The molecule has 0 saturated heterocycles. The van der Waals surface area contributed by atoms with E-state index in [0.29, 0.717) is 18.7 Å². The SMILES string of the molecule is CC/C(=N/O)c1ccc(OCCc2nccn2C)cc1. The van der Waals surface area contributed by atoms with Crippen molar-refractivity contribution in [3.05, 3.63) is 48.0 Å². The van der Waals surface area contributed by atoms with Crippen LogP contribution in [-0.4, -0.2) is 27.1 Å². The Labute approximate surface area is 118 Å². The summed E-state index contributed by atoms with van der Waals surface area (Å²) in [4.78, 5) is 4.25. The quantitative estimate of drug-likeness (QED) is 0.500. The number of benzene rings is 1. The number of aryl methyl sites for hydroxylation is 1. The van der Waals surface area contributed by atoms with Gasteiger partial charge in [-0.25, -0.2) is 4.98 Å². The smallest absolute Gasteiger partial charge is 0.119 e. The lowest BCUT2D eigenvalue weighted by Crippen LogP contribution is -2.06. The molecule has 0 amide bonds. The topological polar surface area (TPSA) is 59.6 Å². The minimum atomic E-state index is 0.582. The first-order valence-electron chi connectivity index (χ1n) is 6.65. The summed E-state index contributed by atoms with van der Waals surface area (Å²) in [5.41, 5.74) is 1.58. The monoisotopic (exact) mass is 273 g/mol. The Bertz CT molecular complexity index is 573. The molecular formula is C15H19N3O2. The molecular weight excluding hydrogens is 254 g/mol. The summed E-state index contributed by atoms with van der Waals surface area (Å²) in [5, 5.41) is 12.1. The van der Waals surface area contributed by atoms with E-state index >= 15 is 0 Å². The van der Waals surface area contributed by atoms with E-state index in [1.54, 1.807) is 6.20 Å². The lowest BCUT2D eigenvalue weighted by atomic mass is 10.1. The minimum Gasteiger partial charge on any atom is -0.493 e. The van der Waals surface area contributed by atoms with Crippen molar-refractivity contribution in [2.45, 2.75) is 19.8 Å². The Morgan fingerprint density at radius 2 is 2.10 bits per heavy atom. The Balaban J connectivity index is 1.89. The van der Waals surface area contributed by atoms with Gasteiger partial charge in [0.15, 0.2) is 0 Å². The molecule has 0 radical (unpaired) electrons. The summed E-state index contributed by atoms with van der Waals surface area (Å²) in [7, 11) is 1.97. The number of aromatic nitrogens is 2. The number of ether oxygens (including phenoxy) is 1. The second-order valence-corrected chi connectivity index (χ2v) is 4.48. The van der Waals surface area contributed by atoms with Gasteiger partial charge in [0, 0.05) is 25.9 Å². The average Bonchev–Trinajstić information content (AvgIpc) is 2.87. The normalized spacial score (nSPS) is 11.6. The van der Waals surface area contributed by atoms with Crippen molar-refractivity contribution in [3.8, 4) is 5.75 Å². The van der Waals surface area contributed by atoms with Gasteiger partial charge in [-0.2, -0.15) is 0 Å². The van der Waals surface area contributed by atoms with Crippen LogP contribution in [0.15, 0.2) is 41.8 Å². The summed E-state index contributed by atoms with van der Waals surface area (Å²) in [6.45, 7) is 2.53. The molecule has 0 unspecified atom stereocenters. The third kappa shape index (κ3) is 3.38. The first kappa shape index (κ1) is 14.1. The molecule has 0 aliphatic rings. The van der Waals surface area contributed by atoms with Crippen LogP contribution in [-0.2, 0) is 13.5 Å². The van der Waals surface area contributed by atoms with Crippen LogP contribution in [0.2, 0.25) is 0 Å². The zero-order valence-electron chi connectivity index (χ0n) is 11.8. The predicted molar refractivity (Wildman–Crippen MR) is 77.5 cm³/mol. The van der Waals surface area contributed by atoms with Gasteiger partial charge in [0.1, 0.15) is 11.6 Å². The highest BCUT2D eigenvalue weighted by Gasteiger charge is 2.03. The van der Waals surface area contributed by atoms with Crippen LogP contribution in [0.3, 0.4) is 0 Å². The zero-order chi connectivity index (χ0) is 14.4. The maximum Gasteiger partial charge on any atom is 0.119 e. The molecule has 2 rings (SSSR count). The van der Waals surface area contributed by atoms with Gasteiger partial charge in [0.2, 0.25) is 0 Å². The van der Waals surface area contributed by atoms with Crippen LogP contribution < -0.4 is 4.74 Å². The molecule has 0 bridgehead atoms. The molecule has 1 N–H and O–H groups in total. The number of hydrogen-bond donors (Lipinski definition) is 1. The van der Waals surface area contributed by atoms with E-state index in [2.05, 4.69) is 10.1 Å². The fraction of sp³-hybridized carbons (Fsp3) is 0.333. The van der Waals surface area contributed by atoms with Crippen LogP contribution >= 0.6 is 0 Å². The molecule has 0 aliphatic heterocycles. The van der Waals surface area contributed by atoms with Gasteiger partial charge in [-0.1, -0.05) is 12.1 Å². The van der Waals surface area contributed by atoms with Crippen LogP contribution in [0.4, 0.5) is 0 Å². The molecule has 1 heterocycles. The van der Waals surface area contributed by atoms with E-state index in [1.165, 1.54) is 0 Å². The van der Waals surface area contributed by atoms with Gasteiger partial charge in [-0.05, 0) is 36.2 Å². The standard InChI is InChI=1S/C15H19N3O2/c1-3-14(17-19)12-4-6-13(7-5-12)20-11-8-15-16-9-10-18(15)2/h4-7,9-10,19H,3,8,11H2,1-2H3/b17-14-. The van der Waals surface area contributed by atoms with Crippen molar-refractivity contribution >= 4 is 5.71 Å². The Morgan fingerprint density at radius 1 is 1.35 bits per heavy atom. The summed E-state index contributed by atoms with van der Waals surface area (Å²) >= 11 is 0. The Morgan fingerprint density at radius 3 is 2.65 bits per heavy atom. The third-order valence-electron chi connectivity index (χ3n) is 3.16. The predicted octanol–water partition coefficient (Wildman–Crippen LogP) is 2.63. The van der Waals surface area contributed by atoms with E-state index < -0.39 is 0 Å². The van der Waals surface area contributed by atoms with Gasteiger partial charge in [-0.3, -0.25) is 0 Å². The van der Waals surface area contributed by atoms with E-state index in [9.17, 15) is 0 Å². The molecule has 0 fully saturated rings. The second kappa shape index (κ2) is 6.75. The van der Waals surface area contributed by atoms with Gasteiger partial charge in [-0.15, -0.1) is 0 Å². The largest absolute Gasteiger partial charge is 0.493 e. The van der Waals surface area contributed by atoms with Crippen molar-refractivity contribution in [3.63, 3.8) is 0 Å². The van der Waals surface area contributed by atoms with Crippen molar-refractivity contribution in [2.75, 3.05) is 6.61 Å². The van der Waals surface area contributed by atoms with Crippen molar-refractivity contribution < 1.29 is 9.94 Å². The number of imidazole rings is 1. The van der Waals surface area contributed by atoms with Crippen LogP contribution in [0.1, 0.15) is 24.7 Å². The summed E-state index contributed by atoms with van der Waals surface area (Å²) in [6, 6.07) is 7.56. The average molecular weight is 273 g/mol. The van der Waals surface area contributed by atoms with E-state index in [4.69, 9.17) is 9.94 Å².